The summed E-state index contributed by atoms with van der Waals surface area (Å²) in [6.45, 7) is 4.85. The van der Waals surface area contributed by atoms with Gasteiger partial charge in [0.15, 0.2) is 0 Å². The van der Waals surface area contributed by atoms with Gasteiger partial charge in [-0.2, -0.15) is 0 Å². The van der Waals surface area contributed by atoms with E-state index in [1.807, 2.05) is 0 Å². The highest BCUT2D eigenvalue weighted by molar-refractivity contribution is 5.70. The molecule has 0 aliphatic heterocycles. The van der Waals surface area contributed by atoms with Crippen LogP contribution in [-0.2, 0) is 4.79 Å². The van der Waals surface area contributed by atoms with E-state index in [9.17, 15) is 9.90 Å². The Bertz CT molecular complexity index is 324. The van der Waals surface area contributed by atoms with E-state index in [2.05, 4.69) is 19.2 Å². The molecule has 122 valence electrons. The Morgan fingerprint density at radius 1 is 1.14 bits per heavy atom. The summed E-state index contributed by atoms with van der Waals surface area (Å²) in [6.07, 6.45) is 13.1. The van der Waals surface area contributed by atoms with Crippen LogP contribution >= 0.6 is 0 Å². The fourth-order valence-electron chi connectivity index (χ4n) is 4.39. The van der Waals surface area contributed by atoms with Gasteiger partial charge in [-0.05, 0) is 56.3 Å². The van der Waals surface area contributed by atoms with Crippen LogP contribution in [0.5, 0.6) is 0 Å². The molecule has 2 N–H and O–H groups in total. The minimum atomic E-state index is -0.643. The van der Waals surface area contributed by atoms with E-state index >= 15 is 0 Å². The highest BCUT2D eigenvalue weighted by atomic mass is 16.4. The standard InChI is InChI=1S/C18H33NO2/c1-14(2)12-15(17(20)21)13-19-16-6-10-18(11-7-16)8-4-3-5-9-18/h14-16,19H,3-13H2,1-2H3,(H,20,21). The molecule has 2 fully saturated rings. The van der Waals surface area contributed by atoms with Crippen LogP contribution in [-0.4, -0.2) is 23.7 Å². The third kappa shape index (κ3) is 4.98. The van der Waals surface area contributed by atoms with Crippen molar-refractivity contribution in [3.63, 3.8) is 0 Å². The second-order valence-corrected chi connectivity index (χ2v) is 7.91. The van der Waals surface area contributed by atoms with Crippen LogP contribution in [0.25, 0.3) is 0 Å². The molecule has 0 heterocycles. The first-order chi connectivity index (χ1) is 10.0. The molecule has 0 bridgehead atoms. The number of carbonyl (C=O) groups is 1. The molecule has 3 heteroatoms. The van der Waals surface area contributed by atoms with Gasteiger partial charge in [0.25, 0.3) is 0 Å². The van der Waals surface area contributed by atoms with Crippen molar-refractivity contribution in [3.8, 4) is 0 Å². The first-order valence-corrected chi connectivity index (χ1v) is 8.97. The molecule has 1 atom stereocenters. The summed E-state index contributed by atoms with van der Waals surface area (Å²) in [4.78, 5) is 11.3. The maximum atomic E-state index is 11.3. The Morgan fingerprint density at radius 3 is 2.29 bits per heavy atom. The zero-order chi connectivity index (χ0) is 15.3. The third-order valence-electron chi connectivity index (χ3n) is 5.72. The van der Waals surface area contributed by atoms with Crippen molar-refractivity contribution in [1.29, 1.82) is 0 Å². The van der Waals surface area contributed by atoms with E-state index in [1.54, 1.807) is 0 Å². The highest BCUT2D eigenvalue weighted by Gasteiger charge is 2.36. The van der Waals surface area contributed by atoms with Gasteiger partial charge in [-0.3, -0.25) is 4.79 Å². The van der Waals surface area contributed by atoms with Crippen LogP contribution in [0.15, 0.2) is 0 Å². The van der Waals surface area contributed by atoms with Gasteiger partial charge in [-0.1, -0.05) is 33.1 Å². The number of hydrogen-bond donors (Lipinski definition) is 2. The summed E-state index contributed by atoms with van der Waals surface area (Å²) in [5, 5.41) is 12.9. The molecule has 0 aromatic carbocycles. The Balaban J connectivity index is 1.73. The van der Waals surface area contributed by atoms with Gasteiger partial charge in [0.1, 0.15) is 0 Å². The summed E-state index contributed by atoms with van der Waals surface area (Å²) in [5.41, 5.74) is 0.653. The first-order valence-electron chi connectivity index (χ1n) is 8.97. The SMILES string of the molecule is CC(C)CC(CNC1CCC2(CCCCC2)CC1)C(=O)O. The number of carboxylic acids is 1. The molecular weight excluding hydrogens is 262 g/mol. The van der Waals surface area contributed by atoms with Crippen LogP contribution in [0.1, 0.15) is 78.1 Å². The number of hydrogen-bond acceptors (Lipinski definition) is 2. The Kier molecular flexibility index (Phi) is 6.09. The molecule has 2 aliphatic carbocycles. The lowest BCUT2D eigenvalue weighted by Gasteiger charge is -2.43. The van der Waals surface area contributed by atoms with Crippen molar-refractivity contribution in [1.82, 2.24) is 5.32 Å². The van der Waals surface area contributed by atoms with Crippen molar-refractivity contribution in [3.05, 3.63) is 0 Å². The molecule has 0 aromatic heterocycles. The summed E-state index contributed by atoms with van der Waals surface area (Å²) in [6, 6.07) is 0.548. The van der Waals surface area contributed by atoms with Crippen molar-refractivity contribution in [2.24, 2.45) is 17.3 Å². The van der Waals surface area contributed by atoms with Crippen LogP contribution in [0.3, 0.4) is 0 Å². The smallest absolute Gasteiger partial charge is 0.307 e. The monoisotopic (exact) mass is 295 g/mol. The predicted octanol–water partition coefficient (Wildman–Crippen LogP) is 4.22. The van der Waals surface area contributed by atoms with Gasteiger partial charge >= 0.3 is 5.97 Å². The summed E-state index contributed by atoms with van der Waals surface area (Å²) >= 11 is 0. The molecule has 2 aliphatic rings. The third-order valence-corrected chi connectivity index (χ3v) is 5.72. The molecule has 2 saturated carbocycles. The molecule has 0 radical (unpaired) electrons. The Labute approximate surface area is 129 Å². The first kappa shape index (κ1) is 16.8. The minimum absolute atomic E-state index is 0.226. The van der Waals surface area contributed by atoms with E-state index in [-0.39, 0.29) is 5.92 Å². The average molecular weight is 295 g/mol. The minimum Gasteiger partial charge on any atom is -0.481 e. The molecule has 0 aromatic rings. The summed E-state index contributed by atoms with van der Waals surface area (Å²) in [7, 11) is 0. The molecule has 21 heavy (non-hydrogen) atoms. The van der Waals surface area contributed by atoms with Gasteiger partial charge in [0, 0.05) is 12.6 Å². The number of aliphatic carboxylic acids is 1. The second kappa shape index (κ2) is 7.62. The molecule has 1 unspecified atom stereocenters. The van der Waals surface area contributed by atoms with Crippen molar-refractivity contribution in [2.45, 2.75) is 84.1 Å². The van der Waals surface area contributed by atoms with E-state index in [0.717, 1.165) is 6.42 Å². The second-order valence-electron chi connectivity index (χ2n) is 7.91. The quantitative estimate of drug-likeness (QED) is 0.771. The fraction of sp³-hybridized carbons (Fsp3) is 0.944. The number of carboxylic acid groups (broad SMARTS) is 1. The van der Waals surface area contributed by atoms with Gasteiger partial charge < -0.3 is 10.4 Å². The highest BCUT2D eigenvalue weighted by Crippen LogP contribution is 2.47. The van der Waals surface area contributed by atoms with E-state index in [0.29, 0.717) is 23.9 Å². The predicted molar refractivity (Wildman–Crippen MR) is 86.4 cm³/mol. The van der Waals surface area contributed by atoms with Gasteiger partial charge in [0.2, 0.25) is 0 Å². The summed E-state index contributed by atoms with van der Waals surface area (Å²) in [5.74, 6) is -0.420. The molecule has 0 amide bonds. The molecule has 0 saturated heterocycles. The van der Waals surface area contributed by atoms with Crippen molar-refractivity contribution in [2.75, 3.05) is 6.54 Å². The summed E-state index contributed by atoms with van der Waals surface area (Å²) < 4.78 is 0. The zero-order valence-corrected chi connectivity index (χ0v) is 13.9. The van der Waals surface area contributed by atoms with E-state index < -0.39 is 5.97 Å². The largest absolute Gasteiger partial charge is 0.481 e. The fourth-order valence-corrected chi connectivity index (χ4v) is 4.39. The number of nitrogens with one attached hydrogen (secondary N) is 1. The maximum absolute atomic E-state index is 11.3. The lowest BCUT2D eigenvalue weighted by molar-refractivity contribution is -0.142. The Hall–Kier alpha value is -0.570. The molecule has 2 rings (SSSR count). The van der Waals surface area contributed by atoms with E-state index in [4.69, 9.17) is 0 Å². The number of rotatable bonds is 6. The van der Waals surface area contributed by atoms with Crippen LogP contribution < -0.4 is 5.32 Å². The van der Waals surface area contributed by atoms with Crippen molar-refractivity contribution >= 4 is 5.97 Å². The lowest BCUT2D eigenvalue weighted by atomic mass is 9.64. The van der Waals surface area contributed by atoms with Gasteiger partial charge in [0.05, 0.1) is 5.92 Å². The molecule has 1 spiro atoms. The van der Waals surface area contributed by atoms with Crippen LogP contribution in [0, 0.1) is 17.3 Å². The normalized spacial score (nSPS) is 24.3. The topological polar surface area (TPSA) is 49.3 Å². The van der Waals surface area contributed by atoms with Crippen LogP contribution in [0.4, 0.5) is 0 Å². The lowest BCUT2D eigenvalue weighted by Crippen LogP contribution is -2.41. The maximum Gasteiger partial charge on any atom is 0.307 e. The van der Waals surface area contributed by atoms with Gasteiger partial charge in [-0.15, -0.1) is 0 Å². The van der Waals surface area contributed by atoms with Gasteiger partial charge in [-0.25, -0.2) is 0 Å². The molecule has 3 nitrogen and oxygen atoms in total. The molecular formula is C18H33NO2. The average Bonchev–Trinajstić information content (AvgIpc) is 2.45. The van der Waals surface area contributed by atoms with E-state index in [1.165, 1.54) is 57.8 Å². The van der Waals surface area contributed by atoms with Crippen molar-refractivity contribution < 1.29 is 9.90 Å². The zero-order valence-electron chi connectivity index (χ0n) is 13.9. The Morgan fingerprint density at radius 2 is 1.76 bits per heavy atom. The van der Waals surface area contributed by atoms with Crippen LogP contribution in [0.2, 0.25) is 0 Å².